The molecule has 3 rings (SSSR count). The standard InChI is InChI=1S/C18H13BrF2/c19-17(11-12-4-3-5-13(20)10-12)15-8-9-18(21)16-7-2-1-6-14(15)16/h1-10,17H,11H2. The van der Waals surface area contributed by atoms with Crippen molar-refractivity contribution >= 4 is 26.7 Å². The first-order valence-electron chi connectivity index (χ1n) is 6.71. The van der Waals surface area contributed by atoms with Crippen LogP contribution < -0.4 is 0 Å². The lowest BCUT2D eigenvalue weighted by atomic mass is 9.98. The minimum Gasteiger partial charge on any atom is -0.207 e. The molecule has 3 aromatic carbocycles. The summed E-state index contributed by atoms with van der Waals surface area (Å²) in [6, 6.07) is 17.2. The average Bonchev–Trinajstić information content (AvgIpc) is 2.48. The van der Waals surface area contributed by atoms with Crippen LogP contribution in [-0.2, 0) is 6.42 Å². The molecule has 0 aliphatic carbocycles. The molecule has 0 saturated carbocycles. The number of hydrogen-bond donors (Lipinski definition) is 0. The van der Waals surface area contributed by atoms with Crippen LogP contribution in [0.25, 0.3) is 10.8 Å². The Morgan fingerprint density at radius 2 is 1.62 bits per heavy atom. The Kier molecular flexibility index (Phi) is 4.02. The summed E-state index contributed by atoms with van der Waals surface area (Å²) < 4.78 is 27.1. The molecule has 0 aliphatic rings. The second-order valence-corrected chi connectivity index (χ2v) is 6.09. The Hall–Kier alpha value is -1.74. The lowest BCUT2D eigenvalue weighted by molar-refractivity contribution is 0.625. The van der Waals surface area contributed by atoms with Gasteiger partial charge in [0.1, 0.15) is 11.6 Å². The van der Waals surface area contributed by atoms with E-state index in [4.69, 9.17) is 0 Å². The molecular weight excluding hydrogens is 334 g/mol. The number of fused-ring (bicyclic) bond motifs is 1. The topological polar surface area (TPSA) is 0 Å². The molecule has 1 atom stereocenters. The minimum atomic E-state index is -0.240. The van der Waals surface area contributed by atoms with E-state index in [1.165, 1.54) is 18.2 Å². The van der Waals surface area contributed by atoms with Crippen LogP contribution in [0.2, 0.25) is 0 Å². The second kappa shape index (κ2) is 5.94. The van der Waals surface area contributed by atoms with Gasteiger partial charge in [-0.15, -0.1) is 0 Å². The molecule has 0 amide bonds. The normalized spacial score (nSPS) is 12.5. The van der Waals surface area contributed by atoms with E-state index in [2.05, 4.69) is 15.9 Å². The van der Waals surface area contributed by atoms with Crippen LogP contribution >= 0.6 is 15.9 Å². The molecule has 3 aromatic rings. The molecule has 0 fully saturated rings. The molecule has 0 heterocycles. The largest absolute Gasteiger partial charge is 0.207 e. The number of halogens is 3. The molecule has 0 radical (unpaired) electrons. The lowest BCUT2D eigenvalue weighted by Crippen LogP contribution is -1.98. The van der Waals surface area contributed by atoms with Gasteiger partial charge >= 0.3 is 0 Å². The predicted octanol–water partition coefficient (Wildman–Crippen LogP) is 5.80. The van der Waals surface area contributed by atoms with Gasteiger partial charge in [0.25, 0.3) is 0 Å². The number of benzene rings is 3. The molecule has 3 heteroatoms. The molecule has 0 aliphatic heterocycles. The number of alkyl halides is 1. The summed E-state index contributed by atoms with van der Waals surface area (Å²) >= 11 is 3.65. The Bertz CT molecular complexity index is 783. The van der Waals surface area contributed by atoms with Crippen LogP contribution in [0.5, 0.6) is 0 Å². The van der Waals surface area contributed by atoms with E-state index in [1.807, 2.05) is 24.3 Å². The Labute approximate surface area is 130 Å². The zero-order valence-corrected chi connectivity index (χ0v) is 12.8. The number of hydrogen-bond acceptors (Lipinski definition) is 0. The van der Waals surface area contributed by atoms with Gasteiger partial charge in [-0.1, -0.05) is 58.4 Å². The quantitative estimate of drug-likeness (QED) is 0.526. The smallest absolute Gasteiger partial charge is 0.131 e. The lowest BCUT2D eigenvalue weighted by Gasteiger charge is -2.14. The SMILES string of the molecule is Fc1cccc(CC(Br)c2ccc(F)c3ccccc23)c1. The Morgan fingerprint density at radius 1 is 0.857 bits per heavy atom. The Morgan fingerprint density at radius 3 is 2.38 bits per heavy atom. The van der Waals surface area contributed by atoms with E-state index < -0.39 is 0 Å². The average molecular weight is 347 g/mol. The van der Waals surface area contributed by atoms with Crippen molar-refractivity contribution in [2.45, 2.75) is 11.2 Å². The molecule has 0 bridgehead atoms. The highest BCUT2D eigenvalue weighted by molar-refractivity contribution is 9.09. The summed E-state index contributed by atoms with van der Waals surface area (Å²) in [5.41, 5.74) is 1.92. The van der Waals surface area contributed by atoms with Crippen LogP contribution in [0.1, 0.15) is 16.0 Å². The second-order valence-electron chi connectivity index (χ2n) is 4.98. The van der Waals surface area contributed by atoms with Gasteiger partial charge in [0.15, 0.2) is 0 Å². The molecule has 21 heavy (non-hydrogen) atoms. The maximum atomic E-state index is 13.8. The fourth-order valence-corrected chi connectivity index (χ4v) is 3.31. The monoisotopic (exact) mass is 346 g/mol. The summed E-state index contributed by atoms with van der Waals surface area (Å²) in [4.78, 5) is 0.00444. The maximum absolute atomic E-state index is 13.8. The highest BCUT2D eigenvalue weighted by atomic mass is 79.9. The maximum Gasteiger partial charge on any atom is 0.131 e. The van der Waals surface area contributed by atoms with E-state index >= 15 is 0 Å². The zero-order chi connectivity index (χ0) is 14.8. The van der Waals surface area contributed by atoms with E-state index in [0.29, 0.717) is 11.8 Å². The van der Waals surface area contributed by atoms with Crippen molar-refractivity contribution in [3.05, 3.63) is 83.4 Å². The van der Waals surface area contributed by atoms with E-state index in [9.17, 15) is 8.78 Å². The number of rotatable bonds is 3. The van der Waals surface area contributed by atoms with Gasteiger partial charge in [-0.05, 0) is 41.1 Å². The first-order valence-corrected chi connectivity index (χ1v) is 7.62. The van der Waals surface area contributed by atoms with Crippen LogP contribution in [-0.4, -0.2) is 0 Å². The third-order valence-corrected chi connectivity index (χ3v) is 4.36. The molecular formula is C18H13BrF2. The fraction of sp³-hybridized carbons (Fsp3) is 0.111. The molecule has 106 valence electrons. The molecule has 0 nitrogen and oxygen atoms in total. The van der Waals surface area contributed by atoms with Crippen LogP contribution in [0, 0.1) is 11.6 Å². The van der Waals surface area contributed by atoms with Crippen LogP contribution in [0.15, 0.2) is 60.7 Å². The van der Waals surface area contributed by atoms with Crippen molar-refractivity contribution in [3.63, 3.8) is 0 Å². The van der Waals surface area contributed by atoms with E-state index in [-0.39, 0.29) is 16.5 Å². The first-order chi connectivity index (χ1) is 10.1. The van der Waals surface area contributed by atoms with Gasteiger partial charge in [0.05, 0.1) is 0 Å². The van der Waals surface area contributed by atoms with Gasteiger partial charge in [-0.2, -0.15) is 0 Å². The van der Waals surface area contributed by atoms with Crippen molar-refractivity contribution < 1.29 is 8.78 Å². The Balaban J connectivity index is 1.98. The van der Waals surface area contributed by atoms with Crippen molar-refractivity contribution in [2.75, 3.05) is 0 Å². The third-order valence-electron chi connectivity index (χ3n) is 3.55. The highest BCUT2D eigenvalue weighted by Crippen LogP contribution is 2.33. The molecule has 0 aromatic heterocycles. The minimum absolute atomic E-state index is 0.00444. The van der Waals surface area contributed by atoms with E-state index in [1.54, 1.807) is 18.2 Å². The summed E-state index contributed by atoms with van der Waals surface area (Å²) in [6.07, 6.45) is 0.646. The van der Waals surface area contributed by atoms with Gasteiger partial charge in [0, 0.05) is 10.2 Å². The van der Waals surface area contributed by atoms with Gasteiger partial charge in [0.2, 0.25) is 0 Å². The summed E-state index contributed by atoms with van der Waals surface area (Å²) in [5.74, 6) is -0.462. The fourth-order valence-electron chi connectivity index (χ4n) is 2.54. The van der Waals surface area contributed by atoms with Gasteiger partial charge in [-0.25, -0.2) is 8.78 Å². The van der Waals surface area contributed by atoms with Gasteiger partial charge < -0.3 is 0 Å². The molecule has 0 saturated heterocycles. The summed E-state index contributed by atoms with van der Waals surface area (Å²) in [5, 5.41) is 1.49. The van der Waals surface area contributed by atoms with Crippen LogP contribution in [0.4, 0.5) is 8.78 Å². The van der Waals surface area contributed by atoms with Crippen molar-refractivity contribution in [1.82, 2.24) is 0 Å². The van der Waals surface area contributed by atoms with Gasteiger partial charge in [-0.3, -0.25) is 0 Å². The van der Waals surface area contributed by atoms with Crippen molar-refractivity contribution in [1.29, 1.82) is 0 Å². The van der Waals surface area contributed by atoms with Crippen molar-refractivity contribution in [2.24, 2.45) is 0 Å². The zero-order valence-electron chi connectivity index (χ0n) is 11.2. The molecule has 0 spiro atoms. The predicted molar refractivity (Wildman–Crippen MR) is 85.7 cm³/mol. The van der Waals surface area contributed by atoms with Crippen molar-refractivity contribution in [3.8, 4) is 0 Å². The summed E-state index contributed by atoms with van der Waals surface area (Å²) in [6.45, 7) is 0. The highest BCUT2D eigenvalue weighted by Gasteiger charge is 2.14. The summed E-state index contributed by atoms with van der Waals surface area (Å²) in [7, 11) is 0. The van der Waals surface area contributed by atoms with Crippen LogP contribution in [0.3, 0.4) is 0 Å². The molecule has 1 unspecified atom stereocenters. The molecule has 0 N–H and O–H groups in total. The third kappa shape index (κ3) is 2.98. The van der Waals surface area contributed by atoms with E-state index in [0.717, 1.165) is 16.5 Å². The first kappa shape index (κ1) is 14.2.